The first-order valence-electron chi connectivity index (χ1n) is 9.93. The summed E-state index contributed by atoms with van der Waals surface area (Å²) in [5, 5.41) is 0.989. The summed E-state index contributed by atoms with van der Waals surface area (Å²) < 4.78 is 8.11. The first-order chi connectivity index (χ1) is 13.1. The molecule has 0 spiro atoms. The molecule has 27 heavy (non-hydrogen) atoms. The van der Waals surface area contributed by atoms with Gasteiger partial charge in [0.05, 0.1) is 5.52 Å². The number of amides is 2. The number of carbonyl (C=O) groups excluding carboxylic acids is 2. The summed E-state index contributed by atoms with van der Waals surface area (Å²) in [4.78, 5) is 25.8. The number of rotatable bonds is 5. The third-order valence-electron chi connectivity index (χ3n) is 5.85. The van der Waals surface area contributed by atoms with Crippen molar-refractivity contribution in [2.24, 2.45) is 11.7 Å². The minimum absolute atomic E-state index is 0.114. The number of benzene rings is 1. The fourth-order valence-corrected chi connectivity index (χ4v) is 4.41. The maximum Gasteiger partial charge on any atom is 0.237 e. The summed E-state index contributed by atoms with van der Waals surface area (Å²) >= 11 is 0. The molecule has 6 heteroatoms. The van der Waals surface area contributed by atoms with Crippen molar-refractivity contribution in [1.29, 1.82) is 0 Å². The first kappa shape index (κ1) is 17.9. The van der Waals surface area contributed by atoms with Crippen LogP contribution >= 0.6 is 0 Å². The van der Waals surface area contributed by atoms with Gasteiger partial charge in [0.15, 0.2) is 0 Å². The lowest BCUT2D eigenvalue weighted by molar-refractivity contribution is -0.137. The fourth-order valence-electron chi connectivity index (χ4n) is 4.41. The Morgan fingerprint density at radius 3 is 2.52 bits per heavy atom. The van der Waals surface area contributed by atoms with Crippen LogP contribution in [0.2, 0.25) is 0 Å². The van der Waals surface area contributed by atoms with Gasteiger partial charge in [-0.3, -0.25) is 9.59 Å². The Balaban J connectivity index is 1.39. The predicted octanol–water partition coefficient (Wildman–Crippen LogP) is 2.69. The van der Waals surface area contributed by atoms with Gasteiger partial charge < -0.3 is 19.9 Å². The molecule has 1 aromatic carbocycles. The molecular weight excluding hydrogens is 342 g/mol. The zero-order valence-corrected chi connectivity index (χ0v) is 15.6. The molecule has 0 bridgehead atoms. The van der Waals surface area contributed by atoms with Crippen LogP contribution in [0.4, 0.5) is 0 Å². The van der Waals surface area contributed by atoms with Gasteiger partial charge in [-0.2, -0.15) is 0 Å². The number of hydrogen-bond acceptors (Lipinski definition) is 3. The molecule has 4 rings (SSSR count). The molecule has 2 aromatic rings. The highest BCUT2D eigenvalue weighted by Crippen LogP contribution is 2.31. The standard InChI is InChI=1S/C21H27N3O3/c22-20(25)14-24-13-10-17-18(24)6-3-7-19(17)27-16-8-11-23(12-9-16)21(26)15-4-1-2-5-15/h3,6-7,10,13,15-16H,1-2,4-5,8-9,11-12,14H2,(H2,22,25). The van der Waals surface area contributed by atoms with Crippen LogP contribution in [-0.4, -0.2) is 40.5 Å². The van der Waals surface area contributed by atoms with Crippen molar-refractivity contribution in [3.05, 3.63) is 30.5 Å². The highest BCUT2D eigenvalue weighted by Gasteiger charge is 2.30. The van der Waals surface area contributed by atoms with Crippen molar-refractivity contribution in [3.8, 4) is 5.75 Å². The molecule has 0 radical (unpaired) electrons. The van der Waals surface area contributed by atoms with E-state index in [0.717, 1.165) is 55.4 Å². The number of carbonyl (C=O) groups is 2. The fraction of sp³-hybridized carbons (Fsp3) is 0.524. The summed E-state index contributed by atoms with van der Waals surface area (Å²) in [6.45, 7) is 1.71. The van der Waals surface area contributed by atoms with Crippen LogP contribution in [-0.2, 0) is 16.1 Å². The van der Waals surface area contributed by atoms with Crippen LogP contribution in [0, 0.1) is 5.92 Å². The Hall–Kier alpha value is -2.50. The molecule has 2 aliphatic rings. The van der Waals surface area contributed by atoms with E-state index in [1.165, 1.54) is 12.8 Å². The zero-order chi connectivity index (χ0) is 18.8. The Labute approximate surface area is 159 Å². The molecule has 2 fully saturated rings. The minimum Gasteiger partial charge on any atom is -0.490 e. The second-order valence-electron chi connectivity index (χ2n) is 7.72. The maximum absolute atomic E-state index is 12.6. The van der Waals surface area contributed by atoms with Gasteiger partial charge in [0.25, 0.3) is 0 Å². The third kappa shape index (κ3) is 3.80. The summed E-state index contributed by atoms with van der Waals surface area (Å²) in [7, 11) is 0. The number of piperidine rings is 1. The number of nitrogens with two attached hydrogens (primary N) is 1. The molecule has 1 saturated heterocycles. The smallest absolute Gasteiger partial charge is 0.237 e. The Bertz CT molecular complexity index is 830. The molecule has 2 heterocycles. The first-order valence-corrected chi connectivity index (χ1v) is 9.93. The lowest BCUT2D eigenvalue weighted by Crippen LogP contribution is -2.43. The van der Waals surface area contributed by atoms with Crippen molar-refractivity contribution in [2.45, 2.75) is 51.2 Å². The normalized spacial score (nSPS) is 18.9. The molecule has 1 aliphatic heterocycles. The second kappa shape index (κ2) is 7.62. The molecule has 144 valence electrons. The highest BCUT2D eigenvalue weighted by atomic mass is 16.5. The summed E-state index contributed by atoms with van der Waals surface area (Å²) in [6.07, 6.45) is 8.19. The molecule has 1 aromatic heterocycles. The van der Waals surface area contributed by atoms with Crippen LogP contribution in [0.3, 0.4) is 0 Å². The van der Waals surface area contributed by atoms with Crippen molar-refractivity contribution in [2.75, 3.05) is 13.1 Å². The number of nitrogens with zero attached hydrogens (tertiary/aromatic N) is 2. The van der Waals surface area contributed by atoms with Crippen molar-refractivity contribution < 1.29 is 14.3 Å². The Morgan fingerprint density at radius 2 is 1.81 bits per heavy atom. The number of ether oxygens (including phenoxy) is 1. The molecule has 6 nitrogen and oxygen atoms in total. The van der Waals surface area contributed by atoms with Crippen molar-refractivity contribution >= 4 is 22.7 Å². The van der Waals surface area contributed by atoms with E-state index in [9.17, 15) is 9.59 Å². The molecule has 1 saturated carbocycles. The quantitative estimate of drug-likeness (QED) is 0.880. The summed E-state index contributed by atoms with van der Waals surface area (Å²) in [5.41, 5.74) is 6.27. The third-order valence-corrected chi connectivity index (χ3v) is 5.85. The van der Waals surface area contributed by atoms with E-state index in [1.54, 1.807) is 0 Å². The van der Waals surface area contributed by atoms with Crippen molar-refractivity contribution in [1.82, 2.24) is 9.47 Å². The van der Waals surface area contributed by atoms with E-state index in [2.05, 4.69) is 0 Å². The highest BCUT2D eigenvalue weighted by molar-refractivity contribution is 5.88. The van der Waals surface area contributed by atoms with E-state index in [4.69, 9.17) is 10.5 Å². The Kier molecular flexibility index (Phi) is 5.05. The van der Waals surface area contributed by atoms with Crippen LogP contribution in [0.25, 0.3) is 10.9 Å². The van der Waals surface area contributed by atoms with Gasteiger partial charge in [-0.05, 0) is 31.0 Å². The second-order valence-corrected chi connectivity index (χ2v) is 7.72. The van der Waals surface area contributed by atoms with Crippen LogP contribution < -0.4 is 10.5 Å². The summed E-state index contributed by atoms with van der Waals surface area (Å²) in [5.74, 6) is 1.06. The Morgan fingerprint density at radius 1 is 1.07 bits per heavy atom. The van der Waals surface area contributed by atoms with E-state index in [-0.39, 0.29) is 24.5 Å². The number of likely N-dealkylation sites (tertiary alicyclic amines) is 1. The predicted molar refractivity (Wildman–Crippen MR) is 103 cm³/mol. The van der Waals surface area contributed by atoms with Gasteiger partial charge in [0.1, 0.15) is 18.4 Å². The van der Waals surface area contributed by atoms with Crippen LogP contribution in [0.5, 0.6) is 5.75 Å². The average molecular weight is 369 g/mol. The van der Waals surface area contributed by atoms with E-state index < -0.39 is 0 Å². The van der Waals surface area contributed by atoms with Gasteiger partial charge >= 0.3 is 0 Å². The molecule has 2 N–H and O–H groups in total. The van der Waals surface area contributed by atoms with Crippen molar-refractivity contribution in [3.63, 3.8) is 0 Å². The molecule has 0 atom stereocenters. The van der Waals surface area contributed by atoms with E-state index in [1.807, 2.05) is 39.9 Å². The van der Waals surface area contributed by atoms with Gasteiger partial charge in [-0.25, -0.2) is 0 Å². The number of fused-ring (bicyclic) bond motifs is 1. The van der Waals surface area contributed by atoms with E-state index in [0.29, 0.717) is 5.91 Å². The molecule has 2 amide bonds. The number of hydrogen-bond donors (Lipinski definition) is 1. The largest absolute Gasteiger partial charge is 0.490 e. The van der Waals surface area contributed by atoms with Gasteiger partial charge in [0, 0.05) is 43.4 Å². The number of aromatic nitrogens is 1. The zero-order valence-electron chi connectivity index (χ0n) is 15.6. The number of primary amides is 1. The maximum atomic E-state index is 12.6. The van der Waals surface area contributed by atoms with Gasteiger partial charge in [0.2, 0.25) is 11.8 Å². The molecule has 0 unspecified atom stereocenters. The minimum atomic E-state index is -0.363. The molecular formula is C21H27N3O3. The summed E-state index contributed by atoms with van der Waals surface area (Å²) in [6, 6.07) is 7.83. The van der Waals surface area contributed by atoms with Crippen LogP contribution in [0.1, 0.15) is 38.5 Å². The lowest BCUT2D eigenvalue weighted by Gasteiger charge is -2.33. The van der Waals surface area contributed by atoms with Crippen LogP contribution in [0.15, 0.2) is 30.5 Å². The van der Waals surface area contributed by atoms with Gasteiger partial charge in [-0.15, -0.1) is 0 Å². The van der Waals surface area contributed by atoms with E-state index >= 15 is 0 Å². The SMILES string of the molecule is NC(=O)Cn1ccc2c(OC3CCN(C(=O)C4CCCC4)CC3)cccc21. The van der Waals surface area contributed by atoms with Gasteiger partial charge in [-0.1, -0.05) is 18.9 Å². The monoisotopic (exact) mass is 369 g/mol. The lowest BCUT2D eigenvalue weighted by atomic mass is 10.0. The topological polar surface area (TPSA) is 77.6 Å². The average Bonchev–Trinajstić information content (AvgIpc) is 3.33. The molecule has 1 aliphatic carbocycles.